The average molecular weight is 536 g/mol. The predicted octanol–water partition coefficient (Wildman–Crippen LogP) is 1.07. The predicted molar refractivity (Wildman–Crippen MR) is 126 cm³/mol. The zero-order valence-electron chi connectivity index (χ0n) is 19.2. The Morgan fingerprint density at radius 3 is 2.57 bits per heavy atom. The monoisotopic (exact) mass is 535 g/mol. The second-order valence-corrected chi connectivity index (χ2v) is 12.4. The van der Waals surface area contributed by atoms with Crippen molar-refractivity contribution in [3.05, 3.63) is 28.7 Å². The standard InChI is InChI=1S/C20H28F3N7O3S2/c1-11-7-12(28(2)26-11)9-29-14-4-3-13(35(32,33)27-20(10-21)5-6-20)8-15(14)30(19(29)31)18-25-24-17(34-18)16(22)23/h3-4,8,11-12,16-18,24-27H,5-7,9-10H2,1-2H3. The summed E-state index contributed by atoms with van der Waals surface area (Å²) < 4.78 is 71.1. The number of benzene rings is 1. The highest BCUT2D eigenvalue weighted by molar-refractivity contribution is 8.00. The van der Waals surface area contributed by atoms with E-state index < -0.39 is 45.2 Å². The van der Waals surface area contributed by atoms with Crippen molar-refractivity contribution >= 4 is 32.8 Å². The first kappa shape index (κ1) is 25.0. The van der Waals surface area contributed by atoms with Crippen molar-refractivity contribution < 1.29 is 21.6 Å². The molecule has 0 radical (unpaired) electrons. The summed E-state index contributed by atoms with van der Waals surface area (Å²) in [6, 6.07) is 4.50. The molecule has 2 saturated heterocycles. The lowest BCUT2D eigenvalue weighted by molar-refractivity contribution is 0.131. The Kier molecular flexibility index (Phi) is 6.47. The van der Waals surface area contributed by atoms with Crippen LogP contribution in [-0.4, -0.2) is 65.7 Å². The Bertz CT molecular complexity index is 1280. The van der Waals surface area contributed by atoms with Gasteiger partial charge in [-0.2, -0.15) is 0 Å². The van der Waals surface area contributed by atoms with Gasteiger partial charge in [-0.3, -0.25) is 14.6 Å². The maximum atomic E-state index is 13.6. The van der Waals surface area contributed by atoms with Crippen molar-refractivity contribution in [2.75, 3.05) is 13.7 Å². The van der Waals surface area contributed by atoms with Crippen LogP contribution in [0.2, 0.25) is 0 Å². The smallest absolute Gasteiger partial charge is 0.290 e. The minimum Gasteiger partial charge on any atom is -0.290 e. The number of fused-ring (bicyclic) bond motifs is 1. The van der Waals surface area contributed by atoms with Crippen molar-refractivity contribution in [1.29, 1.82) is 0 Å². The molecule has 0 spiro atoms. The third-order valence-corrected chi connectivity index (χ3v) is 9.56. The number of halogens is 3. The fourth-order valence-corrected chi connectivity index (χ4v) is 7.13. The molecule has 4 N–H and O–H groups in total. The minimum absolute atomic E-state index is 0.00207. The minimum atomic E-state index is -4.06. The number of rotatable bonds is 8. The lowest BCUT2D eigenvalue weighted by Gasteiger charge is -2.19. The third-order valence-electron chi connectivity index (χ3n) is 6.78. The normalized spacial score (nSPS) is 29.0. The molecular weight excluding hydrogens is 507 g/mol. The maximum absolute atomic E-state index is 13.6. The first-order chi connectivity index (χ1) is 16.5. The molecule has 5 rings (SSSR count). The summed E-state index contributed by atoms with van der Waals surface area (Å²) in [5.74, 6) is 0. The zero-order valence-corrected chi connectivity index (χ0v) is 20.8. The second-order valence-electron chi connectivity index (χ2n) is 9.50. The lowest BCUT2D eigenvalue weighted by atomic mass is 10.1. The summed E-state index contributed by atoms with van der Waals surface area (Å²) in [4.78, 5) is 13.5. The fraction of sp³-hybridized carbons (Fsp3) is 0.650. The molecule has 4 atom stereocenters. The SMILES string of the molecule is CC1CC(Cn2c(=O)n(C3NNC(C(F)F)S3)c3cc(S(=O)(=O)NC4(CF)CC4)ccc32)N(C)N1. The molecule has 1 saturated carbocycles. The van der Waals surface area contributed by atoms with Crippen LogP contribution in [0.1, 0.15) is 31.7 Å². The van der Waals surface area contributed by atoms with Gasteiger partial charge in [-0.15, -0.1) is 0 Å². The van der Waals surface area contributed by atoms with Gasteiger partial charge in [-0.1, -0.05) is 11.8 Å². The van der Waals surface area contributed by atoms with E-state index in [1.807, 2.05) is 19.0 Å². The number of sulfonamides is 1. The van der Waals surface area contributed by atoms with Gasteiger partial charge in [0, 0.05) is 25.7 Å². The molecule has 1 aromatic carbocycles. The van der Waals surface area contributed by atoms with Crippen molar-refractivity contribution in [3.63, 3.8) is 0 Å². The highest BCUT2D eigenvalue weighted by Gasteiger charge is 2.46. The van der Waals surface area contributed by atoms with Crippen LogP contribution < -0.4 is 26.7 Å². The van der Waals surface area contributed by atoms with Crippen LogP contribution in [0.4, 0.5) is 13.2 Å². The zero-order chi connectivity index (χ0) is 25.1. The molecule has 0 bridgehead atoms. The van der Waals surface area contributed by atoms with E-state index in [4.69, 9.17) is 0 Å². The number of imidazole rings is 1. The van der Waals surface area contributed by atoms with Gasteiger partial charge >= 0.3 is 5.69 Å². The summed E-state index contributed by atoms with van der Waals surface area (Å²) >= 11 is 0.835. The molecule has 2 aromatic rings. The largest absolute Gasteiger partial charge is 0.331 e. The molecule has 1 aliphatic carbocycles. The summed E-state index contributed by atoms with van der Waals surface area (Å²) in [7, 11) is -2.17. The van der Waals surface area contributed by atoms with Gasteiger partial charge in [0.2, 0.25) is 10.0 Å². The molecule has 3 heterocycles. The van der Waals surface area contributed by atoms with Gasteiger partial charge in [0.15, 0.2) is 5.50 Å². The number of hydrazine groups is 2. The topological polar surface area (TPSA) is 112 Å². The van der Waals surface area contributed by atoms with E-state index in [-0.39, 0.29) is 22.5 Å². The summed E-state index contributed by atoms with van der Waals surface area (Å²) in [6.45, 7) is 1.56. The molecule has 2 aliphatic heterocycles. The maximum Gasteiger partial charge on any atom is 0.331 e. The number of hydrogen-bond acceptors (Lipinski definition) is 8. The average Bonchev–Trinajstić information content (AvgIpc) is 3.12. The summed E-state index contributed by atoms with van der Waals surface area (Å²) in [6.07, 6.45) is -1.05. The van der Waals surface area contributed by atoms with Gasteiger partial charge in [0.05, 0.1) is 21.5 Å². The Hall–Kier alpha value is -1.62. The van der Waals surface area contributed by atoms with Crippen LogP contribution in [0.25, 0.3) is 11.0 Å². The molecule has 3 fully saturated rings. The van der Waals surface area contributed by atoms with Crippen LogP contribution in [0.5, 0.6) is 0 Å². The highest BCUT2D eigenvalue weighted by Crippen LogP contribution is 2.38. The van der Waals surface area contributed by atoms with E-state index in [1.54, 1.807) is 10.6 Å². The van der Waals surface area contributed by atoms with Crippen LogP contribution in [0, 0.1) is 0 Å². The van der Waals surface area contributed by atoms with Gasteiger partial charge in [-0.25, -0.2) is 47.0 Å². The van der Waals surface area contributed by atoms with Crippen molar-refractivity contribution in [2.24, 2.45) is 0 Å². The molecule has 4 unspecified atom stereocenters. The number of nitrogens with one attached hydrogen (secondary N) is 4. The molecule has 3 aliphatic rings. The van der Waals surface area contributed by atoms with Crippen LogP contribution in [-0.2, 0) is 16.6 Å². The van der Waals surface area contributed by atoms with E-state index in [2.05, 4.69) is 21.0 Å². The van der Waals surface area contributed by atoms with E-state index in [9.17, 15) is 26.4 Å². The molecule has 0 amide bonds. The van der Waals surface area contributed by atoms with Gasteiger partial charge in [0.1, 0.15) is 12.0 Å². The van der Waals surface area contributed by atoms with E-state index >= 15 is 0 Å². The molecule has 194 valence electrons. The Labute approximate surface area is 204 Å². The molecule has 15 heteroatoms. The Morgan fingerprint density at radius 1 is 1.26 bits per heavy atom. The third kappa shape index (κ3) is 4.63. The van der Waals surface area contributed by atoms with Crippen molar-refractivity contribution in [2.45, 2.75) is 72.5 Å². The molecule has 35 heavy (non-hydrogen) atoms. The number of nitrogens with zero attached hydrogens (tertiary/aromatic N) is 3. The van der Waals surface area contributed by atoms with Crippen LogP contribution in [0.3, 0.4) is 0 Å². The van der Waals surface area contributed by atoms with Crippen LogP contribution in [0.15, 0.2) is 27.9 Å². The number of likely N-dealkylation sites (N-methyl/N-ethyl adjacent to an activating group) is 1. The Balaban J connectivity index is 1.58. The van der Waals surface area contributed by atoms with Crippen LogP contribution >= 0.6 is 11.8 Å². The van der Waals surface area contributed by atoms with Crippen molar-refractivity contribution in [1.82, 2.24) is 35.1 Å². The Morgan fingerprint density at radius 2 is 2.00 bits per heavy atom. The number of thioether (sulfide) groups is 1. The second kappa shape index (κ2) is 9.04. The molecular formula is C20H28F3N7O3S2. The van der Waals surface area contributed by atoms with Crippen molar-refractivity contribution in [3.8, 4) is 0 Å². The molecule has 1 aromatic heterocycles. The van der Waals surface area contributed by atoms with E-state index in [0.29, 0.717) is 24.9 Å². The molecule has 10 nitrogen and oxygen atoms in total. The first-order valence-corrected chi connectivity index (χ1v) is 13.7. The fourth-order valence-electron chi connectivity index (χ4n) is 4.68. The van der Waals surface area contributed by atoms with E-state index in [0.717, 1.165) is 18.2 Å². The van der Waals surface area contributed by atoms with Gasteiger partial charge < -0.3 is 0 Å². The number of hydrogen-bond donors (Lipinski definition) is 4. The summed E-state index contributed by atoms with van der Waals surface area (Å²) in [5.41, 5.74) is 6.85. The number of alkyl halides is 3. The first-order valence-electron chi connectivity index (χ1n) is 11.3. The van der Waals surface area contributed by atoms with E-state index in [1.165, 1.54) is 16.7 Å². The van der Waals surface area contributed by atoms with Gasteiger partial charge in [-0.05, 0) is 44.4 Å². The van der Waals surface area contributed by atoms with Gasteiger partial charge in [0.25, 0.3) is 6.43 Å². The quantitative estimate of drug-likeness (QED) is 0.397. The highest BCUT2D eigenvalue weighted by atomic mass is 32.2. The number of aromatic nitrogens is 2. The summed E-state index contributed by atoms with van der Waals surface area (Å²) in [5, 5.41) is 0.704. The lowest BCUT2D eigenvalue weighted by Crippen LogP contribution is -2.40.